The van der Waals surface area contributed by atoms with Gasteiger partial charge >= 0.3 is 0 Å². The highest BCUT2D eigenvalue weighted by molar-refractivity contribution is 9.10. The first-order valence-electron chi connectivity index (χ1n) is 6.66. The van der Waals surface area contributed by atoms with Gasteiger partial charge in [-0.3, -0.25) is 4.68 Å². The predicted octanol–water partition coefficient (Wildman–Crippen LogP) is 2.89. The number of nitrogens with zero attached hydrogens (tertiary/aromatic N) is 2. The Morgan fingerprint density at radius 1 is 1.47 bits per heavy atom. The molecule has 108 valence electrons. The van der Waals surface area contributed by atoms with Crippen molar-refractivity contribution >= 4 is 39.5 Å². The molecular weight excluding hydrogens is 344 g/mol. The fraction of sp³-hybridized carbons (Fsp3) is 0.769. The van der Waals surface area contributed by atoms with Crippen molar-refractivity contribution < 1.29 is 5.11 Å². The summed E-state index contributed by atoms with van der Waals surface area (Å²) in [6.07, 6.45) is 1.28. The fourth-order valence-electron chi connectivity index (χ4n) is 2.43. The molecule has 0 amide bonds. The number of aliphatic hydroxyl groups is 1. The molecule has 0 bridgehead atoms. The second-order valence-corrected chi connectivity index (χ2v) is 8.43. The van der Waals surface area contributed by atoms with Crippen LogP contribution in [0.1, 0.15) is 25.2 Å². The maximum absolute atomic E-state index is 10.5. The average molecular weight is 365 g/mol. The van der Waals surface area contributed by atoms with Crippen LogP contribution in [0.25, 0.3) is 0 Å². The van der Waals surface area contributed by atoms with Crippen LogP contribution in [0.2, 0.25) is 0 Å². The molecule has 1 aliphatic heterocycles. The summed E-state index contributed by atoms with van der Waals surface area (Å²) in [6.45, 7) is 4.32. The third kappa shape index (κ3) is 3.52. The Bertz CT molecular complexity index is 439. The summed E-state index contributed by atoms with van der Waals surface area (Å²) >= 11 is 7.50. The Morgan fingerprint density at radius 3 is 2.74 bits per heavy atom. The van der Waals surface area contributed by atoms with Crippen molar-refractivity contribution in [2.24, 2.45) is 7.05 Å². The predicted molar refractivity (Wildman–Crippen MR) is 88.2 cm³/mol. The normalized spacial score (nSPS) is 25.5. The molecule has 0 radical (unpaired) electrons. The van der Waals surface area contributed by atoms with Crippen LogP contribution < -0.4 is 0 Å². The zero-order valence-corrected chi connectivity index (χ0v) is 14.8. The second kappa shape index (κ2) is 6.87. The molecule has 0 aromatic carbocycles. The molecule has 0 saturated carbocycles. The Hall–Kier alpha value is 0.350. The minimum absolute atomic E-state index is 0.302. The van der Waals surface area contributed by atoms with Gasteiger partial charge in [0.15, 0.2) is 0 Å². The van der Waals surface area contributed by atoms with Gasteiger partial charge in [0.1, 0.15) is 0 Å². The van der Waals surface area contributed by atoms with Gasteiger partial charge in [-0.15, -0.1) is 0 Å². The standard InChI is InChI=1S/C13H21BrN2OS2/c1-4-9-12(14)10(16(3)15-9)7-11(17)13-8(2)18-5-6-19-13/h8,11,13,17H,4-7H2,1-3H3. The molecule has 3 unspecified atom stereocenters. The number of hydrogen-bond acceptors (Lipinski definition) is 4. The first-order chi connectivity index (χ1) is 9.04. The summed E-state index contributed by atoms with van der Waals surface area (Å²) in [5, 5.41) is 15.9. The van der Waals surface area contributed by atoms with Crippen LogP contribution in [0, 0.1) is 0 Å². The van der Waals surface area contributed by atoms with E-state index in [0.29, 0.717) is 16.9 Å². The van der Waals surface area contributed by atoms with Gasteiger partial charge in [0.05, 0.1) is 22.0 Å². The van der Waals surface area contributed by atoms with Gasteiger partial charge in [-0.25, -0.2) is 0 Å². The number of halogens is 1. The number of aliphatic hydroxyl groups excluding tert-OH is 1. The minimum Gasteiger partial charge on any atom is -0.392 e. The van der Waals surface area contributed by atoms with Gasteiger partial charge < -0.3 is 5.11 Å². The lowest BCUT2D eigenvalue weighted by Gasteiger charge is -2.31. The molecule has 1 aliphatic rings. The number of aromatic nitrogens is 2. The van der Waals surface area contributed by atoms with Crippen molar-refractivity contribution in [3.8, 4) is 0 Å². The quantitative estimate of drug-likeness (QED) is 0.891. The molecule has 2 heterocycles. The zero-order chi connectivity index (χ0) is 14.0. The molecular formula is C13H21BrN2OS2. The van der Waals surface area contributed by atoms with Crippen molar-refractivity contribution in [3.05, 3.63) is 15.9 Å². The van der Waals surface area contributed by atoms with Crippen LogP contribution >= 0.6 is 39.5 Å². The highest BCUT2D eigenvalue weighted by Crippen LogP contribution is 2.34. The average Bonchev–Trinajstić information content (AvgIpc) is 2.66. The van der Waals surface area contributed by atoms with E-state index in [1.807, 2.05) is 35.3 Å². The smallest absolute Gasteiger partial charge is 0.0766 e. The Morgan fingerprint density at radius 2 is 2.16 bits per heavy atom. The summed E-state index contributed by atoms with van der Waals surface area (Å²) in [5.74, 6) is 2.34. The SMILES string of the molecule is CCc1nn(C)c(CC(O)C2SCCSC2C)c1Br. The van der Waals surface area contributed by atoms with Gasteiger partial charge in [0.2, 0.25) is 0 Å². The molecule has 2 rings (SSSR count). The van der Waals surface area contributed by atoms with E-state index in [1.165, 1.54) is 5.75 Å². The Balaban J connectivity index is 2.10. The van der Waals surface area contributed by atoms with Gasteiger partial charge in [-0.05, 0) is 22.4 Å². The van der Waals surface area contributed by atoms with Crippen LogP contribution in [0.5, 0.6) is 0 Å². The maximum atomic E-state index is 10.5. The van der Waals surface area contributed by atoms with Gasteiger partial charge in [-0.1, -0.05) is 13.8 Å². The molecule has 0 spiro atoms. The largest absolute Gasteiger partial charge is 0.392 e. The van der Waals surface area contributed by atoms with Gasteiger partial charge in [0, 0.05) is 35.5 Å². The van der Waals surface area contributed by atoms with Crippen molar-refractivity contribution in [2.45, 2.75) is 43.3 Å². The Labute approximate surface area is 132 Å². The second-order valence-electron chi connectivity index (χ2n) is 4.87. The highest BCUT2D eigenvalue weighted by atomic mass is 79.9. The molecule has 1 aromatic heterocycles. The van der Waals surface area contributed by atoms with Gasteiger partial charge in [0.25, 0.3) is 0 Å². The summed E-state index contributed by atoms with van der Waals surface area (Å²) in [6, 6.07) is 0. The van der Waals surface area contributed by atoms with E-state index in [0.717, 1.165) is 28.0 Å². The van der Waals surface area contributed by atoms with E-state index in [4.69, 9.17) is 0 Å². The molecule has 3 atom stereocenters. The first-order valence-corrected chi connectivity index (χ1v) is 9.55. The monoisotopic (exact) mass is 364 g/mol. The van der Waals surface area contributed by atoms with Crippen molar-refractivity contribution in [1.29, 1.82) is 0 Å². The van der Waals surface area contributed by atoms with Crippen LogP contribution in [0.3, 0.4) is 0 Å². The van der Waals surface area contributed by atoms with E-state index in [-0.39, 0.29) is 6.10 Å². The van der Waals surface area contributed by atoms with Crippen molar-refractivity contribution in [3.63, 3.8) is 0 Å². The molecule has 1 fully saturated rings. The molecule has 6 heteroatoms. The van der Waals surface area contributed by atoms with E-state index in [2.05, 4.69) is 34.9 Å². The van der Waals surface area contributed by atoms with E-state index < -0.39 is 0 Å². The molecule has 19 heavy (non-hydrogen) atoms. The van der Waals surface area contributed by atoms with E-state index in [9.17, 15) is 5.11 Å². The third-order valence-electron chi connectivity index (χ3n) is 3.52. The highest BCUT2D eigenvalue weighted by Gasteiger charge is 2.30. The number of thioether (sulfide) groups is 2. The fourth-order valence-corrected chi connectivity index (χ4v) is 6.05. The Kier molecular flexibility index (Phi) is 5.69. The lowest BCUT2D eigenvalue weighted by atomic mass is 10.1. The molecule has 3 nitrogen and oxygen atoms in total. The van der Waals surface area contributed by atoms with Gasteiger partial charge in [-0.2, -0.15) is 28.6 Å². The number of aryl methyl sites for hydroxylation is 2. The number of hydrogen-bond donors (Lipinski definition) is 1. The van der Waals surface area contributed by atoms with Crippen LogP contribution in [-0.4, -0.2) is 43.0 Å². The van der Waals surface area contributed by atoms with Crippen molar-refractivity contribution in [1.82, 2.24) is 9.78 Å². The minimum atomic E-state index is -0.302. The first kappa shape index (κ1) is 15.7. The summed E-state index contributed by atoms with van der Waals surface area (Å²) in [4.78, 5) is 0. The molecule has 1 N–H and O–H groups in total. The van der Waals surface area contributed by atoms with E-state index >= 15 is 0 Å². The molecule has 1 saturated heterocycles. The summed E-state index contributed by atoms with van der Waals surface area (Å²) in [5.41, 5.74) is 2.18. The number of rotatable bonds is 4. The zero-order valence-electron chi connectivity index (χ0n) is 11.6. The van der Waals surface area contributed by atoms with E-state index in [1.54, 1.807) is 0 Å². The van der Waals surface area contributed by atoms with Crippen LogP contribution in [0.15, 0.2) is 4.47 Å². The summed E-state index contributed by atoms with van der Waals surface area (Å²) in [7, 11) is 1.96. The summed E-state index contributed by atoms with van der Waals surface area (Å²) < 4.78 is 2.97. The topological polar surface area (TPSA) is 38.0 Å². The molecule has 0 aliphatic carbocycles. The van der Waals surface area contributed by atoms with Crippen molar-refractivity contribution in [2.75, 3.05) is 11.5 Å². The third-order valence-corrected chi connectivity index (χ3v) is 7.67. The molecule has 1 aromatic rings. The van der Waals surface area contributed by atoms with Crippen LogP contribution in [0.4, 0.5) is 0 Å². The maximum Gasteiger partial charge on any atom is 0.0766 e. The lowest BCUT2D eigenvalue weighted by molar-refractivity contribution is 0.168. The van der Waals surface area contributed by atoms with Crippen LogP contribution in [-0.2, 0) is 19.9 Å². The lowest BCUT2D eigenvalue weighted by Crippen LogP contribution is -2.36.